The van der Waals surface area contributed by atoms with E-state index in [1.54, 1.807) is 6.20 Å². The van der Waals surface area contributed by atoms with E-state index in [2.05, 4.69) is 26.7 Å². The first-order chi connectivity index (χ1) is 11.8. The topological polar surface area (TPSA) is 57.7 Å². The van der Waals surface area contributed by atoms with Gasteiger partial charge in [0.2, 0.25) is 0 Å². The van der Waals surface area contributed by atoms with Gasteiger partial charge >= 0.3 is 0 Å². The maximum Gasteiger partial charge on any atom is 0.270 e. The molecule has 24 heavy (non-hydrogen) atoms. The van der Waals surface area contributed by atoms with Crippen LogP contribution in [-0.4, -0.2) is 67.8 Å². The molecule has 0 unspecified atom stereocenters. The van der Waals surface area contributed by atoms with Gasteiger partial charge in [0, 0.05) is 50.6 Å². The molecular weight excluding hydrogens is 304 g/mol. The molecule has 2 saturated heterocycles. The SMILES string of the molecule is C=CCN1CCC(NC(=O)c2cc(N3CCOCC3)ccn2)CC1. The second-order valence-electron chi connectivity index (χ2n) is 6.34. The van der Waals surface area contributed by atoms with Crippen molar-refractivity contribution in [3.05, 3.63) is 36.7 Å². The average Bonchev–Trinajstić information content (AvgIpc) is 2.64. The Kier molecular flexibility index (Phi) is 5.82. The van der Waals surface area contributed by atoms with E-state index in [1.807, 2.05) is 18.2 Å². The lowest BCUT2D eigenvalue weighted by Crippen LogP contribution is -2.44. The molecule has 0 bridgehead atoms. The summed E-state index contributed by atoms with van der Waals surface area (Å²) < 4.78 is 5.38. The number of amides is 1. The van der Waals surface area contributed by atoms with E-state index >= 15 is 0 Å². The molecular formula is C18H26N4O2. The number of carbonyl (C=O) groups is 1. The number of pyridine rings is 1. The van der Waals surface area contributed by atoms with E-state index in [-0.39, 0.29) is 11.9 Å². The quantitative estimate of drug-likeness (QED) is 0.825. The second-order valence-corrected chi connectivity index (χ2v) is 6.34. The molecule has 1 amide bonds. The number of aromatic nitrogens is 1. The van der Waals surface area contributed by atoms with Crippen LogP contribution >= 0.6 is 0 Å². The van der Waals surface area contributed by atoms with Crippen molar-refractivity contribution < 1.29 is 9.53 Å². The summed E-state index contributed by atoms with van der Waals surface area (Å²) >= 11 is 0. The van der Waals surface area contributed by atoms with E-state index in [0.29, 0.717) is 5.69 Å². The van der Waals surface area contributed by atoms with Crippen LogP contribution in [0.1, 0.15) is 23.3 Å². The van der Waals surface area contributed by atoms with Gasteiger partial charge in [-0.25, -0.2) is 0 Å². The summed E-state index contributed by atoms with van der Waals surface area (Å²) in [5, 5.41) is 3.13. The Balaban J connectivity index is 1.56. The van der Waals surface area contributed by atoms with Crippen LogP contribution in [0.4, 0.5) is 5.69 Å². The van der Waals surface area contributed by atoms with Crippen LogP contribution < -0.4 is 10.2 Å². The number of nitrogens with one attached hydrogen (secondary N) is 1. The molecule has 6 nitrogen and oxygen atoms in total. The zero-order valence-corrected chi connectivity index (χ0v) is 14.1. The molecule has 0 aliphatic carbocycles. The first-order valence-electron chi connectivity index (χ1n) is 8.69. The fourth-order valence-corrected chi connectivity index (χ4v) is 3.26. The lowest BCUT2D eigenvalue weighted by Gasteiger charge is -2.31. The number of rotatable bonds is 5. The highest BCUT2D eigenvalue weighted by atomic mass is 16.5. The minimum absolute atomic E-state index is 0.0766. The smallest absolute Gasteiger partial charge is 0.270 e. The van der Waals surface area contributed by atoms with Crippen molar-refractivity contribution in [2.45, 2.75) is 18.9 Å². The minimum atomic E-state index is -0.0766. The Morgan fingerprint density at radius 2 is 2.08 bits per heavy atom. The molecule has 1 N–H and O–H groups in total. The highest BCUT2D eigenvalue weighted by Crippen LogP contribution is 2.17. The number of hydrogen-bond donors (Lipinski definition) is 1. The highest BCUT2D eigenvalue weighted by Gasteiger charge is 2.21. The first kappa shape index (κ1) is 16.9. The van der Waals surface area contributed by atoms with Crippen LogP contribution in [0.25, 0.3) is 0 Å². The fraction of sp³-hybridized carbons (Fsp3) is 0.556. The van der Waals surface area contributed by atoms with Crippen molar-refractivity contribution in [3.8, 4) is 0 Å². The van der Waals surface area contributed by atoms with Gasteiger partial charge in [0.1, 0.15) is 5.69 Å². The van der Waals surface area contributed by atoms with Crippen molar-refractivity contribution in [2.75, 3.05) is 50.8 Å². The lowest BCUT2D eigenvalue weighted by atomic mass is 10.0. The van der Waals surface area contributed by atoms with Gasteiger partial charge in [-0.3, -0.25) is 14.7 Å². The van der Waals surface area contributed by atoms with E-state index in [9.17, 15) is 4.79 Å². The molecule has 130 valence electrons. The van der Waals surface area contributed by atoms with Gasteiger partial charge in [-0.15, -0.1) is 6.58 Å². The summed E-state index contributed by atoms with van der Waals surface area (Å²) in [4.78, 5) is 21.3. The van der Waals surface area contributed by atoms with Gasteiger partial charge in [0.15, 0.2) is 0 Å². The molecule has 1 aromatic rings. The fourth-order valence-electron chi connectivity index (χ4n) is 3.26. The van der Waals surface area contributed by atoms with Gasteiger partial charge in [0.25, 0.3) is 5.91 Å². The number of nitrogens with zero attached hydrogens (tertiary/aromatic N) is 3. The molecule has 3 heterocycles. The van der Waals surface area contributed by atoms with Crippen molar-refractivity contribution >= 4 is 11.6 Å². The van der Waals surface area contributed by atoms with Crippen LogP contribution in [0.15, 0.2) is 31.0 Å². The molecule has 0 atom stereocenters. The number of likely N-dealkylation sites (tertiary alicyclic amines) is 1. The molecule has 2 aliphatic rings. The summed E-state index contributed by atoms with van der Waals surface area (Å²) in [7, 11) is 0. The summed E-state index contributed by atoms with van der Waals surface area (Å²) in [5.74, 6) is -0.0766. The van der Waals surface area contributed by atoms with E-state index in [0.717, 1.165) is 64.5 Å². The molecule has 0 spiro atoms. The molecule has 2 fully saturated rings. The number of hydrogen-bond acceptors (Lipinski definition) is 5. The van der Waals surface area contributed by atoms with Crippen LogP contribution in [-0.2, 0) is 4.74 Å². The molecule has 6 heteroatoms. The number of morpholine rings is 1. The van der Waals surface area contributed by atoms with Gasteiger partial charge in [-0.2, -0.15) is 0 Å². The Morgan fingerprint density at radius 3 is 2.79 bits per heavy atom. The lowest BCUT2D eigenvalue weighted by molar-refractivity contribution is 0.0909. The van der Waals surface area contributed by atoms with Crippen LogP contribution in [0.2, 0.25) is 0 Å². The zero-order chi connectivity index (χ0) is 16.8. The summed E-state index contributed by atoms with van der Waals surface area (Å²) in [6.07, 6.45) is 5.60. The molecule has 3 rings (SSSR count). The predicted octanol–water partition coefficient (Wildman–Crippen LogP) is 1.30. The maximum absolute atomic E-state index is 12.5. The van der Waals surface area contributed by atoms with E-state index in [1.165, 1.54) is 0 Å². The van der Waals surface area contributed by atoms with Gasteiger partial charge in [-0.05, 0) is 25.0 Å². The number of carbonyl (C=O) groups excluding carboxylic acids is 1. The van der Waals surface area contributed by atoms with E-state index in [4.69, 9.17) is 4.74 Å². The molecule has 0 radical (unpaired) electrons. The molecule has 1 aromatic heterocycles. The van der Waals surface area contributed by atoms with Crippen LogP contribution in [0.5, 0.6) is 0 Å². The van der Waals surface area contributed by atoms with Crippen LogP contribution in [0.3, 0.4) is 0 Å². The van der Waals surface area contributed by atoms with Crippen molar-refractivity contribution in [1.82, 2.24) is 15.2 Å². The minimum Gasteiger partial charge on any atom is -0.378 e. The average molecular weight is 330 g/mol. The zero-order valence-electron chi connectivity index (χ0n) is 14.1. The Morgan fingerprint density at radius 1 is 1.33 bits per heavy atom. The molecule has 2 aliphatic heterocycles. The third kappa shape index (κ3) is 4.33. The van der Waals surface area contributed by atoms with Crippen molar-refractivity contribution in [2.24, 2.45) is 0 Å². The third-order valence-electron chi connectivity index (χ3n) is 4.66. The highest BCUT2D eigenvalue weighted by molar-refractivity contribution is 5.93. The monoisotopic (exact) mass is 330 g/mol. The molecule has 0 aromatic carbocycles. The summed E-state index contributed by atoms with van der Waals surface area (Å²) in [6.45, 7) is 9.86. The largest absolute Gasteiger partial charge is 0.378 e. The van der Waals surface area contributed by atoms with Crippen molar-refractivity contribution in [3.63, 3.8) is 0 Å². The standard InChI is InChI=1S/C18H26N4O2/c1-2-7-21-8-4-15(5-9-21)20-18(23)17-14-16(3-6-19-17)22-10-12-24-13-11-22/h2-3,6,14-15H,1,4-5,7-13H2,(H,20,23). The number of anilines is 1. The first-order valence-corrected chi connectivity index (χ1v) is 8.69. The third-order valence-corrected chi connectivity index (χ3v) is 4.66. The maximum atomic E-state index is 12.5. The summed E-state index contributed by atoms with van der Waals surface area (Å²) in [6, 6.07) is 4.07. The second kappa shape index (κ2) is 8.26. The van der Waals surface area contributed by atoms with Crippen molar-refractivity contribution in [1.29, 1.82) is 0 Å². The summed E-state index contributed by atoms with van der Waals surface area (Å²) in [5.41, 5.74) is 1.53. The Hall–Kier alpha value is -1.92. The normalized spacial score (nSPS) is 19.9. The predicted molar refractivity (Wildman–Crippen MR) is 94.4 cm³/mol. The van der Waals surface area contributed by atoms with Gasteiger partial charge in [0.05, 0.1) is 13.2 Å². The molecule has 0 saturated carbocycles. The number of ether oxygens (including phenoxy) is 1. The Bertz CT molecular complexity index is 564. The van der Waals surface area contributed by atoms with Gasteiger partial charge in [-0.1, -0.05) is 6.08 Å². The number of piperidine rings is 1. The Labute approximate surface area is 143 Å². The van der Waals surface area contributed by atoms with Gasteiger partial charge < -0.3 is 15.0 Å². The van der Waals surface area contributed by atoms with Crippen LogP contribution in [0, 0.1) is 0 Å². The van der Waals surface area contributed by atoms with E-state index < -0.39 is 0 Å².